The summed E-state index contributed by atoms with van der Waals surface area (Å²) in [5.74, 6) is -0.545. The fraction of sp³-hybridized carbons (Fsp3) is 0.385. The second kappa shape index (κ2) is 7.84. The largest absolute Gasteiger partial charge is 0.320 e. The first-order chi connectivity index (χ1) is 16.0. The SMILES string of the molecule is Cc1cn2cc(NC(=O)c3ccc(C4CC(C)(C)NC(C)(C)C4)c4ccnnc34)cc(F)c2n1. The highest BCUT2D eigenvalue weighted by atomic mass is 19.1. The number of carbonyl (C=O) groups excluding carboxylic acids is 1. The third-order valence-corrected chi connectivity index (χ3v) is 6.48. The number of halogens is 1. The number of hydrogen-bond donors (Lipinski definition) is 2. The molecule has 1 saturated heterocycles. The van der Waals surface area contributed by atoms with E-state index in [1.54, 1.807) is 36.0 Å². The first-order valence-electron chi connectivity index (χ1n) is 11.5. The van der Waals surface area contributed by atoms with Crippen LogP contribution >= 0.6 is 0 Å². The number of pyridine rings is 1. The number of piperidine rings is 1. The predicted molar refractivity (Wildman–Crippen MR) is 131 cm³/mol. The molecule has 7 nitrogen and oxygen atoms in total. The average molecular weight is 461 g/mol. The first-order valence-corrected chi connectivity index (χ1v) is 11.5. The highest BCUT2D eigenvalue weighted by molar-refractivity contribution is 6.12. The second-order valence-corrected chi connectivity index (χ2v) is 10.6. The van der Waals surface area contributed by atoms with Crippen molar-refractivity contribution in [1.82, 2.24) is 24.9 Å². The van der Waals surface area contributed by atoms with Gasteiger partial charge in [-0.3, -0.25) is 4.79 Å². The van der Waals surface area contributed by atoms with Crippen LogP contribution in [0.1, 0.15) is 68.1 Å². The molecule has 2 N–H and O–H groups in total. The molecule has 1 amide bonds. The van der Waals surface area contributed by atoms with Crippen molar-refractivity contribution < 1.29 is 9.18 Å². The Morgan fingerprint density at radius 2 is 1.88 bits per heavy atom. The number of nitrogens with one attached hydrogen (secondary N) is 2. The molecule has 0 saturated carbocycles. The van der Waals surface area contributed by atoms with E-state index in [0.29, 0.717) is 28.4 Å². The number of imidazole rings is 1. The monoisotopic (exact) mass is 460 g/mol. The van der Waals surface area contributed by atoms with E-state index >= 15 is 0 Å². The van der Waals surface area contributed by atoms with Crippen molar-refractivity contribution in [3.05, 3.63) is 65.5 Å². The molecule has 5 rings (SSSR count). The third kappa shape index (κ3) is 4.14. The van der Waals surface area contributed by atoms with Crippen LogP contribution in [0.15, 0.2) is 42.9 Å². The van der Waals surface area contributed by atoms with Crippen molar-refractivity contribution in [2.45, 2.75) is 64.5 Å². The minimum Gasteiger partial charge on any atom is -0.320 e. The number of anilines is 1. The smallest absolute Gasteiger partial charge is 0.257 e. The molecular weight excluding hydrogens is 431 g/mol. The lowest BCUT2D eigenvalue weighted by Crippen LogP contribution is -2.57. The summed E-state index contributed by atoms with van der Waals surface area (Å²) in [5, 5.41) is 15.8. The maximum atomic E-state index is 14.5. The van der Waals surface area contributed by atoms with Crippen LogP contribution in [0, 0.1) is 12.7 Å². The highest BCUT2D eigenvalue weighted by Crippen LogP contribution is 2.41. The van der Waals surface area contributed by atoms with E-state index in [1.807, 2.05) is 12.1 Å². The van der Waals surface area contributed by atoms with Gasteiger partial charge in [-0.25, -0.2) is 9.37 Å². The Kier molecular flexibility index (Phi) is 5.16. The second-order valence-electron chi connectivity index (χ2n) is 10.6. The molecule has 0 bridgehead atoms. The van der Waals surface area contributed by atoms with Crippen LogP contribution in [0.3, 0.4) is 0 Å². The summed E-state index contributed by atoms with van der Waals surface area (Å²) in [7, 11) is 0. The molecule has 0 unspecified atom stereocenters. The van der Waals surface area contributed by atoms with Crippen molar-refractivity contribution >= 4 is 28.1 Å². The number of aromatic nitrogens is 4. The Hall–Kier alpha value is -3.39. The zero-order valence-electron chi connectivity index (χ0n) is 20.1. The van der Waals surface area contributed by atoms with Crippen LogP contribution < -0.4 is 10.6 Å². The standard InChI is InChI=1S/C26H29FN6O/c1-15-13-33-14-17(10-21(27)23(33)29-15)30-24(34)20-7-6-18(19-8-9-28-31-22(19)20)16-11-25(2,3)32-26(4,5)12-16/h6-10,13-14,16,32H,11-12H2,1-5H3,(H,30,34). The summed E-state index contributed by atoms with van der Waals surface area (Å²) in [6.07, 6.45) is 6.98. The quantitative estimate of drug-likeness (QED) is 0.449. The summed E-state index contributed by atoms with van der Waals surface area (Å²) in [6, 6.07) is 7.04. The Morgan fingerprint density at radius 3 is 2.62 bits per heavy atom. The van der Waals surface area contributed by atoms with Gasteiger partial charge in [0.05, 0.1) is 23.1 Å². The van der Waals surface area contributed by atoms with Crippen LogP contribution in [0.2, 0.25) is 0 Å². The van der Waals surface area contributed by atoms with Gasteiger partial charge in [0, 0.05) is 34.9 Å². The van der Waals surface area contributed by atoms with E-state index < -0.39 is 5.82 Å². The Balaban J connectivity index is 1.51. The van der Waals surface area contributed by atoms with Gasteiger partial charge in [-0.1, -0.05) is 6.07 Å². The number of aryl methyl sites for hydroxylation is 1. The lowest BCUT2D eigenvalue weighted by Gasteiger charge is -2.47. The van der Waals surface area contributed by atoms with Crippen molar-refractivity contribution in [2.24, 2.45) is 0 Å². The molecule has 1 fully saturated rings. The number of benzene rings is 1. The molecule has 1 aromatic carbocycles. The number of nitrogens with zero attached hydrogens (tertiary/aromatic N) is 4. The van der Waals surface area contributed by atoms with Gasteiger partial charge in [0.15, 0.2) is 11.5 Å². The molecule has 34 heavy (non-hydrogen) atoms. The molecule has 0 aliphatic carbocycles. The van der Waals surface area contributed by atoms with E-state index in [2.05, 4.69) is 53.5 Å². The lowest BCUT2D eigenvalue weighted by atomic mass is 9.72. The van der Waals surface area contributed by atoms with E-state index in [0.717, 1.165) is 18.2 Å². The normalized spacial score (nSPS) is 17.8. The van der Waals surface area contributed by atoms with Gasteiger partial charge in [-0.05, 0) is 71.1 Å². The van der Waals surface area contributed by atoms with Crippen molar-refractivity contribution in [3.8, 4) is 0 Å². The van der Waals surface area contributed by atoms with Crippen LogP contribution in [0.4, 0.5) is 10.1 Å². The maximum absolute atomic E-state index is 14.5. The van der Waals surface area contributed by atoms with Crippen LogP contribution in [-0.2, 0) is 0 Å². The number of carbonyl (C=O) groups is 1. The molecular formula is C26H29FN6O. The zero-order chi connectivity index (χ0) is 24.3. The van der Waals surface area contributed by atoms with Crippen molar-refractivity contribution in [1.29, 1.82) is 0 Å². The fourth-order valence-corrected chi connectivity index (χ4v) is 5.63. The summed E-state index contributed by atoms with van der Waals surface area (Å²) in [5.41, 5.74) is 3.37. The molecule has 4 heterocycles. The van der Waals surface area contributed by atoms with Crippen molar-refractivity contribution in [2.75, 3.05) is 5.32 Å². The van der Waals surface area contributed by atoms with Gasteiger partial charge in [-0.2, -0.15) is 5.10 Å². The maximum Gasteiger partial charge on any atom is 0.257 e. The fourth-order valence-electron chi connectivity index (χ4n) is 5.63. The molecule has 8 heteroatoms. The molecule has 176 valence electrons. The minimum absolute atomic E-state index is 0.0103. The first kappa shape index (κ1) is 22.4. The molecule has 1 aliphatic heterocycles. The van der Waals surface area contributed by atoms with Gasteiger partial charge >= 0.3 is 0 Å². The molecule has 0 atom stereocenters. The predicted octanol–water partition coefficient (Wildman–Crippen LogP) is 5.00. The van der Waals surface area contributed by atoms with Crippen LogP contribution in [0.25, 0.3) is 16.6 Å². The summed E-state index contributed by atoms with van der Waals surface area (Å²) < 4.78 is 16.1. The molecule has 4 aromatic rings. The number of hydrogen-bond acceptors (Lipinski definition) is 5. The Morgan fingerprint density at radius 1 is 1.15 bits per heavy atom. The molecule has 3 aromatic heterocycles. The minimum atomic E-state index is -0.498. The summed E-state index contributed by atoms with van der Waals surface area (Å²) in [4.78, 5) is 17.4. The summed E-state index contributed by atoms with van der Waals surface area (Å²) >= 11 is 0. The lowest BCUT2D eigenvalue weighted by molar-refractivity contribution is 0.102. The van der Waals surface area contributed by atoms with Gasteiger partial charge in [0.25, 0.3) is 5.91 Å². The van der Waals surface area contributed by atoms with E-state index in [9.17, 15) is 9.18 Å². The molecule has 0 radical (unpaired) electrons. The number of fused-ring (bicyclic) bond motifs is 2. The van der Waals surface area contributed by atoms with Crippen molar-refractivity contribution in [3.63, 3.8) is 0 Å². The Bertz CT molecular complexity index is 1410. The van der Waals surface area contributed by atoms with Gasteiger partial charge in [0.1, 0.15) is 5.52 Å². The van der Waals surface area contributed by atoms with Gasteiger partial charge in [0.2, 0.25) is 0 Å². The number of amides is 1. The van der Waals surface area contributed by atoms with Crippen LogP contribution in [0.5, 0.6) is 0 Å². The van der Waals surface area contributed by atoms with Crippen LogP contribution in [-0.4, -0.2) is 36.6 Å². The summed E-state index contributed by atoms with van der Waals surface area (Å²) in [6.45, 7) is 10.7. The average Bonchev–Trinajstić information content (AvgIpc) is 3.11. The van der Waals surface area contributed by atoms with Gasteiger partial charge in [-0.15, -0.1) is 5.10 Å². The van der Waals surface area contributed by atoms with E-state index in [-0.39, 0.29) is 22.6 Å². The number of rotatable bonds is 3. The topological polar surface area (TPSA) is 84.2 Å². The molecule has 0 spiro atoms. The Labute approximate surface area is 197 Å². The van der Waals surface area contributed by atoms with E-state index in [4.69, 9.17) is 0 Å². The highest BCUT2D eigenvalue weighted by Gasteiger charge is 2.38. The van der Waals surface area contributed by atoms with E-state index in [1.165, 1.54) is 11.6 Å². The van der Waals surface area contributed by atoms with Gasteiger partial charge < -0.3 is 15.0 Å². The zero-order valence-corrected chi connectivity index (χ0v) is 20.1. The third-order valence-electron chi connectivity index (χ3n) is 6.48. The molecule has 1 aliphatic rings.